The number of rotatable bonds is 15. The van der Waals surface area contributed by atoms with E-state index in [0.29, 0.717) is 83.5 Å². The molecule has 53 heavy (non-hydrogen) atoms. The molecule has 1 saturated heterocycles. The standard InChI is InChI=1S/C41H40Cl2F2N4O4/c42-35-16-29(22-48-19-26-8-9-30(50)15-26)38(52-23-28-14-27(18-46)20-47-21-28)17-39(35)53-36-11-10-32-31(4-1-5-33(32)36)34-6-2-7-37(40(34)43)51-13-3-12-49-24-41(44,45)25-49/h1-2,4-7,14,16-17,20-21,26,36,48H,3,8-13,15,19,22-25H2/t26-,36-/m0/s1. The molecule has 0 amide bonds. The van der Waals surface area contributed by atoms with Crippen molar-refractivity contribution in [2.24, 2.45) is 5.92 Å². The number of aromatic nitrogens is 1. The molecule has 12 heteroatoms. The predicted octanol–water partition coefficient (Wildman–Crippen LogP) is 8.75. The van der Waals surface area contributed by atoms with Gasteiger partial charge in [0, 0.05) is 61.1 Å². The maximum Gasteiger partial charge on any atom is 0.272 e. The number of hydrogen-bond acceptors (Lipinski definition) is 8. The first kappa shape index (κ1) is 37.1. The van der Waals surface area contributed by atoms with Gasteiger partial charge in [0.2, 0.25) is 0 Å². The number of nitrogens with one attached hydrogen (secondary N) is 1. The lowest BCUT2D eigenvalue weighted by Crippen LogP contribution is -2.56. The zero-order valence-electron chi connectivity index (χ0n) is 29.2. The summed E-state index contributed by atoms with van der Waals surface area (Å²) in [6, 6.07) is 19.4. The number of halogens is 4. The van der Waals surface area contributed by atoms with E-state index in [1.807, 2.05) is 36.4 Å². The lowest BCUT2D eigenvalue weighted by Gasteiger charge is -2.38. The number of fused-ring (bicyclic) bond motifs is 1. The maximum absolute atomic E-state index is 13.2. The zero-order chi connectivity index (χ0) is 37.0. The molecule has 0 unspecified atom stereocenters. The van der Waals surface area contributed by atoms with E-state index in [1.165, 1.54) is 6.20 Å². The first-order valence-electron chi connectivity index (χ1n) is 18.0. The molecule has 1 aromatic heterocycles. The molecular formula is C41H40Cl2F2N4O4. The van der Waals surface area contributed by atoms with E-state index in [9.17, 15) is 18.8 Å². The predicted molar refractivity (Wildman–Crippen MR) is 199 cm³/mol. The molecule has 0 spiro atoms. The topological polar surface area (TPSA) is 96.7 Å². The van der Waals surface area contributed by atoms with Crippen LogP contribution in [0.3, 0.4) is 0 Å². The van der Waals surface area contributed by atoms with Crippen molar-refractivity contribution in [2.75, 3.05) is 32.8 Å². The maximum atomic E-state index is 13.2. The Kier molecular flexibility index (Phi) is 11.5. The number of ether oxygens (including phenoxy) is 3. The number of likely N-dealkylation sites (tertiary alicyclic amines) is 1. The third kappa shape index (κ3) is 8.93. The van der Waals surface area contributed by atoms with Gasteiger partial charge < -0.3 is 19.5 Å². The number of carbonyl (C=O) groups excluding carboxylic acids is 1. The van der Waals surface area contributed by atoms with Crippen molar-refractivity contribution in [1.29, 1.82) is 5.26 Å². The Morgan fingerprint density at radius 3 is 2.60 bits per heavy atom. The van der Waals surface area contributed by atoms with E-state index >= 15 is 0 Å². The molecule has 4 aromatic rings. The second kappa shape index (κ2) is 16.4. The van der Waals surface area contributed by atoms with Crippen molar-refractivity contribution in [3.05, 3.63) is 105 Å². The largest absolute Gasteiger partial charge is 0.492 e. The monoisotopic (exact) mass is 760 g/mol. The van der Waals surface area contributed by atoms with Gasteiger partial charge in [-0.05, 0) is 73.0 Å². The van der Waals surface area contributed by atoms with Crippen LogP contribution in [0.5, 0.6) is 17.2 Å². The highest BCUT2D eigenvalue weighted by Crippen LogP contribution is 2.45. The van der Waals surface area contributed by atoms with Crippen LogP contribution < -0.4 is 19.5 Å². The van der Waals surface area contributed by atoms with Crippen LogP contribution in [0.15, 0.2) is 67.0 Å². The fourth-order valence-corrected chi connectivity index (χ4v) is 7.93. The van der Waals surface area contributed by atoms with Gasteiger partial charge in [-0.2, -0.15) is 5.26 Å². The quantitative estimate of drug-likeness (QED) is 0.120. The Morgan fingerprint density at radius 1 is 0.981 bits per heavy atom. The molecule has 0 radical (unpaired) electrons. The molecule has 1 aliphatic heterocycles. The van der Waals surface area contributed by atoms with Crippen LogP contribution in [0.2, 0.25) is 10.0 Å². The summed E-state index contributed by atoms with van der Waals surface area (Å²) < 4.78 is 45.3. The molecular weight excluding hydrogens is 721 g/mol. The number of pyridine rings is 1. The fourth-order valence-electron chi connectivity index (χ4n) is 7.41. The van der Waals surface area contributed by atoms with Gasteiger partial charge in [-0.3, -0.25) is 14.7 Å². The Morgan fingerprint density at radius 2 is 1.81 bits per heavy atom. The van der Waals surface area contributed by atoms with Crippen molar-refractivity contribution < 1.29 is 27.8 Å². The Bertz CT molecular complexity index is 2010. The first-order valence-corrected chi connectivity index (χ1v) is 18.7. The molecule has 3 aliphatic rings. The SMILES string of the molecule is N#Cc1cncc(COc2cc(O[C@H]3CCc4c(-c5cccc(OCCCN6CC(F)(F)C6)c5Cl)cccc43)c(Cl)cc2CNC[C@H]2CCC(=O)C2)c1. The number of benzene rings is 3. The summed E-state index contributed by atoms with van der Waals surface area (Å²) in [6.07, 6.45) is 7.19. The number of Topliss-reactive ketones (excluding diaryl/α,β-unsaturated/α-hetero) is 1. The third-order valence-electron chi connectivity index (χ3n) is 10.1. The van der Waals surface area contributed by atoms with Crippen LogP contribution in [0.1, 0.15) is 66.0 Å². The van der Waals surface area contributed by atoms with Crippen LogP contribution in [-0.4, -0.2) is 54.4 Å². The first-order chi connectivity index (χ1) is 25.7. The minimum Gasteiger partial charge on any atom is -0.492 e. The minimum atomic E-state index is -2.57. The Labute approximate surface area is 318 Å². The summed E-state index contributed by atoms with van der Waals surface area (Å²) in [5.41, 5.74) is 6.10. The highest BCUT2D eigenvalue weighted by molar-refractivity contribution is 6.35. The molecule has 3 aromatic carbocycles. The smallest absolute Gasteiger partial charge is 0.272 e. The Balaban J connectivity index is 1.06. The zero-order valence-corrected chi connectivity index (χ0v) is 30.7. The van der Waals surface area contributed by atoms with E-state index in [1.54, 1.807) is 17.2 Å². The molecule has 8 nitrogen and oxygen atoms in total. The van der Waals surface area contributed by atoms with Crippen molar-refractivity contribution in [3.63, 3.8) is 0 Å². The van der Waals surface area contributed by atoms with Crippen molar-refractivity contribution in [2.45, 2.75) is 63.7 Å². The van der Waals surface area contributed by atoms with Gasteiger partial charge in [-0.25, -0.2) is 8.78 Å². The number of alkyl halides is 2. The lowest BCUT2D eigenvalue weighted by atomic mass is 9.96. The van der Waals surface area contributed by atoms with E-state index in [2.05, 4.69) is 28.5 Å². The summed E-state index contributed by atoms with van der Waals surface area (Å²) in [4.78, 5) is 17.7. The molecule has 2 fully saturated rings. The van der Waals surface area contributed by atoms with Gasteiger partial charge in [0.05, 0.1) is 35.3 Å². The molecule has 276 valence electrons. The molecule has 2 heterocycles. The third-order valence-corrected chi connectivity index (χ3v) is 10.7. The number of nitriles is 1. The van der Waals surface area contributed by atoms with Crippen LogP contribution >= 0.6 is 23.2 Å². The molecule has 1 saturated carbocycles. The van der Waals surface area contributed by atoms with Gasteiger partial charge in [0.25, 0.3) is 5.92 Å². The summed E-state index contributed by atoms with van der Waals surface area (Å²) in [5, 5.41) is 13.8. The van der Waals surface area contributed by atoms with E-state index in [-0.39, 0.29) is 25.8 Å². The fraction of sp³-hybridized carbons (Fsp3) is 0.390. The van der Waals surface area contributed by atoms with Crippen molar-refractivity contribution in [3.8, 4) is 34.4 Å². The van der Waals surface area contributed by atoms with Crippen molar-refractivity contribution in [1.82, 2.24) is 15.2 Å². The van der Waals surface area contributed by atoms with Crippen LogP contribution in [0.4, 0.5) is 8.78 Å². The summed E-state index contributed by atoms with van der Waals surface area (Å²) >= 11 is 13.8. The molecule has 1 N–H and O–H groups in total. The van der Waals surface area contributed by atoms with Crippen LogP contribution in [-0.2, 0) is 24.4 Å². The minimum absolute atomic E-state index is 0.195. The lowest BCUT2D eigenvalue weighted by molar-refractivity contribution is -0.130. The molecule has 7 rings (SSSR count). The van der Waals surface area contributed by atoms with Gasteiger partial charge in [0.15, 0.2) is 0 Å². The average molecular weight is 762 g/mol. The molecule has 2 aliphatic carbocycles. The van der Waals surface area contributed by atoms with E-state index < -0.39 is 5.92 Å². The summed E-state index contributed by atoms with van der Waals surface area (Å²) in [5.74, 6) is -0.290. The summed E-state index contributed by atoms with van der Waals surface area (Å²) in [7, 11) is 0. The van der Waals surface area contributed by atoms with Gasteiger partial charge in [0.1, 0.15) is 41.8 Å². The second-order valence-corrected chi connectivity index (χ2v) is 14.8. The highest BCUT2D eigenvalue weighted by Gasteiger charge is 2.43. The number of ketones is 1. The van der Waals surface area contributed by atoms with E-state index in [0.717, 1.165) is 59.2 Å². The van der Waals surface area contributed by atoms with Crippen LogP contribution in [0.25, 0.3) is 11.1 Å². The van der Waals surface area contributed by atoms with Crippen molar-refractivity contribution >= 4 is 29.0 Å². The number of hydrogen-bond donors (Lipinski definition) is 1. The average Bonchev–Trinajstić information content (AvgIpc) is 3.75. The number of carbonyl (C=O) groups is 1. The van der Waals surface area contributed by atoms with Crippen LogP contribution in [0, 0.1) is 17.2 Å². The van der Waals surface area contributed by atoms with Gasteiger partial charge >= 0.3 is 0 Å². The normalized spacial score (nSPS) is 19.0. The van der Waals surface area contributed by atoms with Gasteiger partial charge in [-0.15, -0.1) is 0 Å². The summed E-state index contributed by atoms with van der Waals surface area (Å²) in [6.45, 7) is 1.95. The van der Waals surface area contributed by atoms with Gasteiger partial charge in [-0.1, -0.05) is 53.5 Å². The molecule has 2 atom stereocenters. The second-order valence-electron chi connectivity index (χ2n) is 14.1. The van der Waals surface area contributed by atoms with E-state index in [4.69, 9.17) is 37.4 Å². The highest BCUT2D eigenvalue weighted by atomic mass is 35.5. The Hall–Kier alpha value is -4.27. The molecule has 0 bridgehead atoms. The number of nitrogens with zero attached hydrogens (tertiary/aromatic N) is 3.